The van der Waals surface area contributed by atoms with E-state index in [9.17, 15) is 13.2 Å². The number of hydrogen-bond acceptors (Lipinski definition) is 4. The van der Waals surface area contributed by atoms with Crippen LogP contribution < -0.4 is 10.5 Å². The van der Waals surface area contributed by atoms with Crippen molar-refractivity contribution in [3.63, 3.8) is 0 Å². The highest BCUT2D eigenvalue weighted by molar-refractivity contribution is 7.89. The number of nitrogens with two attached hydrogens (primary N) is 1. The molecule has 1 aliphatic rings. The van der Waals surface area contributed by atoms with Gasteiger partial charge in [-0.1, -0.05) is 0 Å². The van der Waals surface area contributed by atoms with E-state index >= 15 is 0 Å². The number of ether oxygens (including phenoxy) is 1. The Kier molecular flexibility index (Phi) is 4.42. The van der Waals surface area contributed by atoms with Crippen LogP contribution in [-0.4, -0.2) is 27.5 Å². The molecule has 2 rings (SSSR count). The molecule has 1 atom stereocenters. The van der Waals surface area contributed by atoms with Crippen LogP contribution in [0, 0.1) is 12.8 Å². The largest absolute Gasteiger partial charge is 0.381 e. The highest BCUT2D eigenvalue weighted by Gasteiger charge is 2.22. The molecular formula is C13H18N2O4S. The Morgan fingerprint density at radius 1 is 1.45 bits per heavy atom. The minimum Gasteiger partial charge on any atom is -0.381 e. The molecule has 0 radical (unpaired) electrons. The second kappa shape index (κ2) is 5.90. The molecule has 1 unspecified atom stereocenters. The van der Waals surface area contributed by atoms with Crippen molar-refractivity contribution in [3.8, 4) is 0 Å². The summed E-state index contributed by atoms with van der Waals surface area (Å²) < 4.78 is 27.9. The highest BCUT2D eigenvalue weighted by Crippen LogP contribution is 2.20. The minimum atomic E-state index is -3.73. The number of carbonyl (C=O) groups is 1. The Hall–Kier alpha value is -1.44. The summed E-state index contributed by atoms with van der Waals surface area (Å²) in [6.45, 7) is 2.77. The molecule has 0 aliphatic carbocycles. The molecule has 6 nitrogen and oxygen atoms in total. The van der Waals surface area contributed by atoms with Crippen LogP contribution in [0.5, 0.6) is 0 Å². The van der Waals surface area contributed by atoms with Gasteiger partial charge in [0.05, 0.1) is 17.4 Å². The Bertz CT molecular complexity index is 607. The number of anilines is 1. The lowest BCUT2D eigenvalue weighted by Gasteiger charge is -2.21. The van der Waals surface area contributed by atoms with E-state index in [0.717, 1.165) is 12.8 Å². The molecule has 110 valence electrons. The van der Waals surface area contributed by atoms with E-state index in [2.05, 4.69) is 5.32 Å². The number of rotatable bonds is 3. The molecule has 1 aliphatic heterocycles. The van der Waals surface area contributed by atoms with Gasteiger partial charge < -0.3 is 10.1 Å². The molecule has 0 saturated carbocycles. The van der Waals surface area contributed by atoms with Crippen LogP contribution >= 0.6 is 0 Å². The van der Waals surface area contributed by atoms with E-state index in [1.807, 2.05) is 0 Å². The van der Waals surface area contributed by atoms with Crippen molar-refractivity contribution < 1.29 is 17.9 Å². The van der Waals surface area contributed by atoms with Gasteiger partial charge in [-0.05, 0) is 43.5 Å². The van der Waals surface area contributed by atoms with Crippen LogP contribution in [0.3, 0.4) is 0 Å². The number of amides is 1. The van der Waals surface area contributed by atoms with E-state index in [4.69, 9.17) is 9.88 Å². The summed E-state index contributed by atoms with van der Waals surface area (Å²) in [7, 11) is -3.73. The Balaban J connectivity index is 2.10. The Morgan fingerprint density at radius 3 is 2.75 bits per heavy atom. The maximum absolute atomic E-state index is 12.0. The molecule has 1 amide bonds. The fourth-order valence-electron chi connectivity index (χ4n) is 2.24. The lowest BCUT2D eigenvalue weighted by molar-refractivity contribution is -0.123. The molecule has 7 heteroatoms. The molecule has 3 N–H and O–H groups in total. The zero-order chi connectivity index (χ0) is 14.8. The molecule has 1 saturated heterocycles. The molecule has 0 aromatic heterocycles. The van der Waals surface area contributed by atoms with E-state index in [0.29, 0.717) is 24.5 Å². The van der Waals surface area contributed by atoms with Gasteiger partial charge in [0, 0.05) is 12.3 Å². The topological polar surface area (TPSA) is 98.5 Å². The molecule has 1 fully saturated rings. The average Bonchev–Trinajstić information content (AvgIpc) is 2.38. The van der Waals surface area contributed by atoms with Crippen molar-refractivity contribution in [3.05, 3.63) is 23.8 Å². The second-order valence-corrected chi connectivity index (χ2v) is 6.46. The van der Waals surface area contributed by atoms with Crippen LogP contribution in [-0.2, 0) is 19.6 Å². The maximum atomic E-state index is 12.0. The van der Waals surface area contributed by atoms with Gasteiger partial charge in [0.1, 0.15) is 0 Å². The summed E-state index contributed by atoms with van der Waals surface area (Å²) >= 11 is 0. The first-order chi connectivity index (χ1) is 9.38. The van der Waals surface area contributed by atoms with E-state index in [1.165, 1.54) is 12.1 Å². The predicted molar refractivity (Wildman–Crippen MR) is 74.7 cm³/mol. The van der Waals surface area contributed by atoms with Crippen LogP contribution in [0.4, 0.5) is 5.69 Å². The van der Waals surface area contributed by atoms with Crippen molar-refractivity contribution in [2.75, 3.05) is 18.5 Å². The molecule has 1 aromatic rings. The third-order valence-corrected chi connectivity index (χ3v) is 4.35. The molecule has 1 aromatic carbocycles. The van der Waals surface area contributed by atoms with Crippen molar-refractivity contribution in [1.82, 2.24) is 0 Å². The summed E-state index contributed by atoms with van der Waals surface area (Å²) in [5.41, 5.74) is 1.07. The lowest BCUT2D eigenvalue weighted by atomic mass is 10.0. The number of aryl methyl sites for hydroxylation is 1. The van der Waals surface area contributed by atoms with Crippen LogP contribution in [0.25, 0.3) is 0 Å². The lowest BCUT2D eigenvalue weighted by Crippen LogP contribution is -2.30. The predicted octanol–water partition coefficient (Wildman–Crippen LogP) is 1.01. The van der Waals surface area contributed by atoms with Gasteiger partial charge in [-0.15, -0.1) is 0 Å². The van der Waals surface area contributed by atoms with E-state index in [-0.39, 0.29) is 16.7 Å². The number of hydrogen-bond donors (Lipinski definition) is 2. The number of nitrogens with one attached hydrogen (secondary N) is 1. The number of sulfonamides is 1. The quantitative estimate of drug-likeness (QED) is 0.870. The monoisotopic (exact) mass is 298 g/mol. The fourth-order valence-corrected chi connectivity index (χ4v) is 3.00. The third kappa shape index (κ3) is 3.56. The summed E-state index contributed by atoms with van der Waals surface area (Å²) in [5, 5.41) is 7.87. The van der Waals surface area contributed by atoms with Gasteiger partial charge in [0.25, 0.3) is 0 Å². The maximum Gasteiger partial charge on any atom is 0.238 e. The van der Waals surface area contributed by atoms with Gasteiger partial charge in [-0.3, -0.25) is 4.79 Å². The smallest absolute Gasteiger partial charge is 0.238 e. The van der Waals surface area contributed by atoms with Crippen LogP contribution in [0.1, 0.15) is 18.4 Å². The standard InChI is InChI=1S/C13H18N2O4S/c1-9-7-11(4-5-12(9)20(14,17)18)15-13(16)10-3-2-6-19-8-10/h4-5,7,10H,2-3,6,8H2,1H3,(H,15,16)(H2,14,17,18). The fraction of sp³-hybridized carbons (Fsp3) is 0.462. The van der Waals surface area contributed by atoms with Gasteiger partial charge in [-0.25, -0.2) is 13.6 Å². The first-order valence-electron chi connectivity index (χ1n) is 6.40. The molecular weight excluding hydrogens is 280 g/mol. The average molecular weight is 298 g/mol. The first-order valence-corrected chi connectivity index (χ1v) is 7.94. The normalized spacial score (nSPS) is 19.6. The van der Waals surface area contributed by atoms with Crippen LogP contribution in [0.15, 0.2) is 23.1 Å². The molecule has 0 spiro atoms. The molecule has 1 heterocycles. The minimum absolute atomic E-state index is 0.0662. The summed E-state index contributed by atoms with van der Waals surface area (Å²) in [4.78, 5) is 12.1. The van der Waals surface area contributed by atoms with E-state index < -0.39 is 10.0 Å². The van der Waals surface area contributed by atoms with E-state index in [1.54, 1.807) is 13.0 Å². The van der Waals surface area contributed by atoms with Crippen molar-refractivity contribution in [1.29, 1.82) is 0 Å². The number of benzene rings is 1. The zero-order valence-corrected chi connectivity index (χ0v) is 12.1. The third-order valence-electron chi connectivity index (χ3n) is 3.28. The Morgan fingerprint density at radius 2 is 2.20 bits per heavy atom. The van der Waals surface area contributed by atoms with Gasteiger partial charge in [-0.2, -0.15) is 0 Å². The number of carbonyl (C=O) groups excluding carboxylic acids is 1. The first kappa shape index (κ1) is 15.0. The van der Waals surface area contributed by atoms with Gasteiger partial charge >= 0.3 is 0 Å². The Labute approximate surface area is 118 Å². The van der Waals surface area contributed by atoms with Gasteiger partial charge in [0.2, 0.25) is 15.9 Å². The highest BCUT2D eigenvalue weighted by atomic mass is 32.2. The SMILES string of the molecule is Cc1cc(NC(=O)C2CCCOC2)ccc1S(N)(=O)=O. The zero-order valence-electron chi connectivity index (χ0n) is 11.3. The van der Waals surface area contributed by atoms with Crippen molar-refractivity contribution >= 4 is 21.6 Å². The summed E-state index contributed by atoms with van der Waals surface area (Å²) in [6, 6.07) is 4.54. The second-order valence-electron chi connectivity index (χ2n) is 4.93. The molecule has 20 heavy (non-hydrogen) atoms. The number of primary sulfonamides is 1. The van der Waals surface area contributed by atoms with Crippen LogP contribution in [0.2, 0.25) is 0 Å². The van der Waals surface area contributed by atoms with Gasteiger partial charge in [0.15, 0.2) is 0 Å². The van der Waals surface area contributed by atoms with Crippen molar-refractivity contribution in [2.45, 2.75) is 24.7 Å². The molecule has 0 bridgehead atoms. The van der Waals surface area contributed by atoms with Crippen molar-refractivity contribution in [2.24, 2.45) is 11.1 Å². The summed E-state index contributed by atoms with van der Waals surface area (Å²) in [5.74, 6) is -0.255. The summed E-state index contributed by atoms with van der Waals surface area (Å²) in [6.07, 6.45) is 1.68.